The predicted molar refractivity (Wildman–Crippen MR) is 115 cm³/mol. The van der Waals surface area contributed by atoms with E-state index in [0.717, 1.165) is 6.07 Å². The monoisotopic (exact) mass is 470 g/mol. The minimum atomic E-state index is -1.00. The number of amides is 3. The number of anilines is 1. The Labute approximate surface area is 192 Å². The fraction of sp³-hybridized carbons (Fsp3) is 0.273. The predicted octanol–water partition coefficient (Wildman–Crippen LogP) is 1.22. The van der Waals surface area contributed by atoms with E-state index in [4.69, 9.17) is 4.74 Å². The first-order valence-corrected chi connectivity index (χ1v) is 10.3. The Morgan fingerprint density at radius 3 is 2.38 bits per heavy atom. The number of ether oxygens (including phenoxy) is 1. The van der Waals surface area contributed by atoms with Crippen molar-refractivity contribution in [1.29, 1.82) is 0 Å². The second-order valence-corrected chi connectivity index (χ2v) is 7.63. The van der Waals surface area contributed by atoms with Crippen molar-refractivity contribution in [3.8, 4) is 0 Å². The molecular formula is C22H19FN4O7. The van der Waals surface area contributed by atoms with E-state index >= 15 is 0 Å². The number of imide groups is 1. The van der Waals surface area contributed by atoms with Gasteiger partial charge in [0.15, 0.2) is 6.61 Å². The van der Waals surface area contributed by atoms with E-state index in [1.54, 1.807) is 18.2 Å². The maximum Gasteiger partial charge on any atom is 0.326 e. The molecule has 12 heteroatoms. The molecule has 11 nitrogen and oxygen atoms in total. The molecule has 0 N–H and O–H groups in total. The van der Waals surface area contributed by atoms with Gasteiger partial charge in [-0.25, -0.2) is 4.39 Å². The smallest absolute Gasteiger partial charge is 0.326 e. The average molecular weight is 470 g/mol. The molecule has 1 fully saturated rings. The second-order valence-electron chi connectivity index (χ2n) is 7.63. The highest BCUT2D eigenvalue weighted by molar-refractivity contribution is 6.24. The Hall–Kier alpha value is -4.35. The van der Waals surface area contributed by atoms with Crippen molar-refractivity contribution in [2.45, 2.75) is 0 Å². The summed E-state index contributed by atoms with van der Waals surface area (Å²) in [5, 5.41) is 11.2. The Morgan fingerprint density at radius 2 is 1.71 bits per heavy atom. The Morgan fingerprint density at radius 1 is 1.00 bits per heavy atom. The molecule has 2 aliphatic rings. The summed E-state index contributed by atoms with van der Waals surface area (Å²) < 4.78 is 18.9. The van der Waals surface area contributed by atoms with Crippen LogP contribution in [0.5, 0.6) is 0 Å². The van der Waals surface area contributed by atoms with Crippen LogP contribution in [0.25, 0.3) is 0 Å². The van der Waals surface area contributed by atoms with Gasteiger partial charge in [-0.1, -0.05) is 18.2 Å². The number of nitro groups is 1. The zero-order chi connectivity index (χ0) is 24.4. The number of fused-ring (bicyclic) bond motifs is 1. The van der Waals surface area contributed by atoms with Crippen molar-refractivity contribution in [3.63, 3.8) is 0 Å². The van der Waals surface area contributed by atoms with E-state index in [-0.39, 0.29) is 16.9 Å². The Bertz CT molecular complexity index is 1190. The molecule has 2 aromatic rings. The summed E-state index contributed by atoms with van der Waals surface area (Å²) in [6.45, 7) is 0.0160. The molecule has 0 bridgehead atoms. The molecule has 0 saturated carbocycles. The average Bonchev–Trinajstić information content (AvgIpc) is 3.07. The van der Waals surface area contributed by atoms with E-state index in [1.807, 2.05) is 4.90 Å². The van der Waals surface area contributed by atoms with Crippen molar-refractivity contribution in [2.24, 2.45) is 0 Å². The summed E-state index contributed by atoms with van der Waals surface area (Å²) in [6.07, 6.45) is 0. The van der Waals surface area contributed by atoms with Gasteiger partial charge in [-0.05, 0) is 18.2 Å². The normalized spacial score (nSPS) is 15.4. The molecule has 0 radical (unpaired) electrons. The van der Waals surface area contributed by atoms with Crippen LogP contribution in [0.4, 0.5) is 15.8 Å². The number of carbonyl (C=O) groups excluding carboxylic acids is 4. The first kappa shape index (κ1) is 22.8. The maximum atomic E-state index is 13.9. The lowest BCUT2D eigenvalue weighted by atomic mass is 10.1. The van der Waals surface area contributed by atoms with Crippen LogP contribution in [-0.2, 0) is 14.3 Å². The number of para-hydroxylation sites is 1. The first-order valence-electron chi connectivity index (χ1n) is 10.3. The Kier molecular flexibility index (Phi) is 6.21. The van der Waals surface area contributed by atoms with E-state index in [2.05, 4.69) is 0 Å². The maximum absolute atomic E-state index is 13.9. The van der Waals surface area contributed by atoms with Gasteiger partial charge in [0, 0.05) is 32.2 Å². The zero-order valence-electron chi connectivity index (χ0n) is 17.8. The second kappa shape index (κ2) is 9.25. The number of nitrogens with zero attached hydrogens (tertiary/aromatic N) is 4. The third kappa shape index (κ3) is 4.29. The topological polar surface area (TPSA) is 130 Å². The van der Waals surface area contributed by atoms with Gasteiger partial charge in [-0.2, -0.15) is 0 Å². The number of esters is 1. The molecule has 2 aliphatic heterocycles. The van der Waals surface area contributed by atoms with Crippen molar-refractivity contribution in [3.05, 3.63) is 69.5 Å². The molecule has 0 atom stereocenters. The van der Waals surface area contributed by atoms with Crippen LogP contribution in [-0.4, -0.2) is 77.7 Å². The first-order chi connectivity index (χ1) is 16.3. The summed E-state index contributed by atoms with van der Waals surface area (Å²) in [5.41, 5.74) is -0.636. The minimum Gasteiger partial charge on any atom is -0.454 e. The van der Waals surface area contributed by atoms with Gasteiger partial charge in [0.2, 0.25) is 0 Å². The summed E-state index contributed by atoms with van der Waals surface area (Å²) in [4.78, 5) is 63.8. The van der Waals surface area contributed by atoms with Crippen LogP contribution < -0.4 is 4.90 Å². The van der Waals surface area contributed by atoms with E-state index in [9.17, 15) is 33.7 Å². The molecular weight excluding hydrogens is 451 g/mol. The standard InChI is InChI=1S/C22H19FN4O7/c23-15-5-1-2-6-16(15)24-8-10-25(11-9-24)18(28)13-34-19(29)12-26-21(30)14-4-3-7-17(27(32)33)20(14)22(26)31/h1-7H,8-13H2. The number of halogens is 1. The SMILES string of the molecule is O=C(CN1C(=O)c2cccc([N+](=O)[O-])c2C1=O)OCC(=O)N1CCN(c2ccccc2F)CC1. The van der Waals surface area contributed by atoms with Crippen molar-refractivity contribution >= 4 is 35.1 Å². The third-order valence-electron chi connectivity index (χ3n) is 5.64. The summed E-state index contributed by atoms with van der Waals surface area (Å²) in [5.74, 6) is -3.65. The van der Waals surface area contributed by atoms with Crippen LogP contribution in [0.3, 0.4) is 0 Å². The van der Waals surface area contributed by atoms with Gasteiger partial charge in [0.25, 0.3) is 23.4 Å². The van der Waals surface area contributed by atoms with Gasteiger partial charge < -0.3 is 14.5 Å². The van der Waals surface area contributed by atoms with Crippen molar-refractivity contribution in [2.75, 3.05) is 44.2 Å². The van der Waals surface area contributed by atoms with Crippen molar-refractivity contribution in [1.82, 2.24) is 9.80 Å². The van der Waals surface area contributed by atoms with E-state index < -0.39 is 47.5 Å². The highest BCUT2D eigenvalue weighted by atomic mass is 19.1. The summed E-state index contributed by atoms with van der Waals surface area (Å²) in [7, 11) is 0. The fourth-order valence-corrected chi connectivity index (χ4v) is 3.92. The molecule has 34 heavy (non-hydrogen) atoms. The lowest BCUT2D eigenvalue weighted by Gasteiger charge is -2.36. The summed E-state index contributed by atoms with van der Waals surface area (Å²) in [6, 6.07) is 9.96. The van der Waals surface area contributed by atoms with E-state index in [1.165, 1.54) is 23.1 Å². The largest absolute Gasteiger partial charge is 0.454 e. The van der Waals surface area contributed by atoms with Gasteiger partial charge in [0.05, 0.1) is 16.2 Å². The minimum absolute atomic E-state index is 0.171. The lowest BCUT2D eigenvalue weighted by molar-refractivity contribution is -0.385. The van der Waals surface area contributed by atoms with Gasteiger partial charge in [0.1, 0.15) is 17.9 Å². The van der Waals surface area contributed by atoms with Crippen LogP contribution in [0, 0.1) is 15.9 Å². The molecule has 2 aromatic carbocycles. The number of nitro benzene ring substituents is 1. The summed E-state index contributed by atoms with van der Waals surface area (Å²) >= 11 is 0. The van der Waals surface area contributed by atoms with E-state index in [0.29, 0.717) is 36.8 Å². The lowest BCUT2D eigenvalue weighted by Crippen LogP contribution is -2.50. The molecule has 0 aliphatic carbocycles. The number of rotatable bonds is 6. The molecule has 3 amide bonds. The molecule has 1 saturated heterocycles. The van der Waals surface area contributed by atoms with Gasteiger partial charge >= 0.3 is 5.97 Å². The highest BCUT2D eigenvalue weighted by Crippen LogP contribution is 2.30. The number of piperazine rings is 1. The number of benzene rings is 2. The quantitative estimate of drug-likeness (QED) is 0.267. The van der Waals surface area contributed by atoms with Crippen LogP contribution in [0.2, 0.25) is 0 Å². The third-order valence-corrected chi connectivity index (χ3v) is 5.64. The molecule has 0 aromatic heterocycles. The molecule has 0 unspecified atom stereocenters. The van der Waals surface area contributed by atoms with Crippen LogP contribution in [0.1, 0.15) is 20.7 Å². The van der Waals surface area contributed by atoms with Crippen molar-refractivity contribution < 1.29 is 33.2 Å². The number of hydrogen-bond donors (Lipinski definition) is 0. The van der Waals surface area contributed by atoms with Gasteiger partial charge in [-0.15, -0.1) is 0 Å². The highest BCUT2D eigenvalue weighted by Gasteiger charge is 2.42. The number of hydrogen-bond acceptors (Lipinski definition) is 8. The number of carbonyl (C=O) groups is 4. The molecule has 2 heterocycles. The molecule has 0 spiro atoms. The van der Waals surface area contributed by atoms with Crippen LogP contribution in [0.15, 0.2) is 42.5 Å². The van der Waals surface area contributed by atoms with Gasteiger partial charge in [-0.3, -0.25) is 34.2 Å². The Balaban J connectivity index is 1.29. The zero-order valence-corrected chi connectivity index (χ0v) is 17.8. The van der Waals surface area contributed by atoms with Crippen LogP contribution >= 0.6 is 0 Å². The molecule has 4 rings (SSSR count). The fourth-order valence-electron chi connectivity index (χ4n) is 3.92. The molecule has 176 valence electrons.